The van der Waals surface area contributed by atoms with E-state index in [2.05, 4.69) is 6.92 Å². The lowest BCUT2D eigenvalue weighted by Crippen LogP contribution is -2.52. The lowest BCUT2D eigenvalue weighted by atomic mass is 10.1. The lowest BCUT2D eigenvalue weighted by Gasteiger charge is -2.38. The van der Waals surface area contributed by atoms with Crippen LogP contribution in [0.2, 0.25) is 0 Å². The SMILES string of the molecule is CCCCCCCCC(Oc1ccc([N+](=O)[O-])cc1)C(OCC)(OCC)OCC. The highest BCUT2D eigenvalue weighted by Crippen LogP contribution is 2.30. The molecule has 0 aliphatic heterocycles. The number of hydrogen-bond donors (Lipinski definition) is 0. The van der Waals surface area contributed by atoms with Gasteiger partial charge in [0.1, 0.15) is 5.75 Å². The summed E-state index contributed by atoms with van der Waals surface area (Å²) < 4.78 is 24.0. The Labute approximate surface area is 174 Å². The fraction of sp³-hybridized carbons (Fsp3) is 0.727. The van der Waals surface area contributed by atoms with Crippen molar-refractivity contribution in [2.45, 2.75) is 84.7 Å². The topological polar surface area (TPSA) is 80.1 Å². The van der Waals surface area contributed by atoms with Crippen molar-refractivity contribution in [1.82, 2.24) is 0 Å². The number of nitro benzene ring substituents is 1. The Bertz CT molecular complexity index is 546. The van der Waals surface area contributed by atoms with Gasteiger partial charge in [-0.15, -0.1) is 0 Å². The minimum atomic E-state index is -1.30. The first-order chi connectivity index (χ1) is 14.0. The van der Waals surface area contributed by atoms with Gasteiger partial charge in [-0.3, -0.25) is 10.1 Å². The normalized spacial score (nSPS) is 12.7. The van der Waals surface area contributed by atoms with Gasteiger partial charge in [0, 0.05) is 32.0 Å². The second-order valence-electron chi connectivity index (χ2n) is 6.82. The summed E-state index contributed by atoms with van der Waals surface area (Å²) in [4.78, 5) is 10.5. The van der Waals surface area contributed by atoms with Crippen molar-refractivity contribution in [1.29, 1.82) is 0 Å². The predicted octanol–water partition coefficient (Wildman–Crippen LogP) is 5.86. The summed E-state index contributed by atoms with van der Waals surface area (Å²) in [7, 11) is 0. The van der Waals surface area contributed by atoms with Gasteiger partial charge in [0.05, 0.1) is 4.92 Å². The summed E-state index contributed by atoms with van der Waals surface area (Å²) in [5, 5.41) is 10.9. The van der Waals surface area contributed by atoms with Crippen LogP contribution in [-0.2, 0) is 14.2 Å². The van der Waals surface area contributed by atoms with E-state index in [-0.39, 0.29) is 5.69 Å². The molecule has 1 rings (SSSR count). The quantitative estimate of drug-likeness (QED) is 0.138. The van der Waals surface area contributed by atoms with Crippen LogP contribution in [0.1, 0.15) is 72.6 Å². The zero-order valence-corrected chi connectivity index (χ0v) is 18.4. The predicted molar refractivity (Wildman–Crippen MR) is 113 cm³/mol. The van der Waals surface area contributed by atoms with E-state index in [1.807, 2.05) is 20.8 Å². The van der Waals surface area contributed by atoms with Crippen LogP contribution < -0.4 is 4.74 Å². The first-order valence-corrected chi connectivity index (χ1v) is 10.9. The number of rotatable bonds is 17. The Morgan fingerprint density at radius 3 is 1.86 bits per heavy atom. The molecule has 7 heteroatoms. The maximum atomic E-state index is 10.9. The Hall–Kier alpha value is -1.70. The Balaban J connectivity index is 2.96. The Morgan fingerprint density at radius 2 is 1.38 bits per heavy atom. The molecule has 1 atom stereocenters. The third-order valence-corrected chi connectivity index (χ3v) is 4.58. The Morgan fingerprint density at radius 1 is 0.862 bits per heavy atom. The van der Waals surface area contributed by atoms with E-state index < -0.39 is 17.0 Å². The highest BCUT2D eigenvalue weighted by molar-refractivity contribution is 5.36. The van der Waals surface area contributed by atoms with Gasteiger partial charge in [0.2, 0.25) is 0 Å². The molecule has 0 radical (unpaired) electrons. The summed E-state index contributed by atoms with van der Waals surface area (Å²) in [5.41, 5.74) is 0.0236. The highest BCUT2D eigenvalue weighted by atomic mass is 16.9. The molecular formula is C22H37NO6. The highest BCUT2D eigenvalue weighted by Gasteiger charge is 2.44. The van der Waals surface area contributed by atoms with Crippen LogP contribution in [0.3, 0.4) is 0 Å². The van der Waals surface area contributed by atoms with Crippen LogP contribution in [0, 0.1) is 10.1 Å². The van der Waals surface area contributed by atoms with Gasteiger partial charge in [0.25, 0.3) is 5.69 Å². The van der Waals surface area contributed by atoms with Gasteiger partial charge < -0.3 is 18.9 Å². The second kappa shape index (κ2) is 14.3. The van der Waals surface area contributed by atoms with Gasteiger partial charge in [-0.25, -0.2) is 0 Å². The monoisotopic (exact) mass is 411 g/mol. The molecule has 29 heavy (non-hydrogen) atoms. The van der Waals surface area contributed by atoms with Gasteiger partial charge in [-0.05, 0) is 45.7 Å². The second-order valence-corrected chi connectivity index (χ2v) is 6.82. The molecule has 0 heterocycles. The molecule has 0 saturated heterocycles. The summed E-state index contributed by atoms with van der Waals surface area (Å²) in [5.74, 6) is -0.779. The van der Waals surface area contributed by atoms with Crippen molar-refractivity contribution in [2.75, 3.05) is 19.8 Å². The summed E-state index contributed by atoms with van der Waals surface area (Å²) >= 11 is 0. The number of benzene rings is 1. The van der Waals surface area contributed by atoms with Crippen LogP contribution in [0.15, 0.2) is 24.3 Å². The summed E-state index contributed by atoms with van der Waals surface area (Å²) in [6.07, 6.45) is 7.15. The molecule has 7 nitrogen and oxygen atoms in total. The standard InChI is InChI=1S/C22H37NO6/c1-5-9-10-11-12-13-14-21(22(26-6-2,27-7-3)28-8-4)29-20-17-15-19(16-18-20)23(24)25/h15-18,21H,5-14H2,1-4H3. The zero-order valence-electron chi connectivity index (χ0n) is 18.4. The summed E-state index contributed by atoms with van der Waals surface area (Å²) in [6, 6.07) is 6.06. The van der Waals surface area contributed by atoms with E-state index in [0.29, 0.717) is 32.0 Å². The molecule has 1 unspecified atom stereocenters. The molecule has 166 valence electrons. The third kappa shape index (κ3) is 8.68. The first-order valence-electron chi connectivity index (χ1n) is 10.9. The average molecular weight is 412 g/mol. The van der Waals surface area contributed by atoms with Crippen LogP contribution in [0.5, 0.6) is 5.75 Å². The fourth-order valence-electron chi connectivity index (χ4n) is 3.24. The van der Waals surface area contributed by atoms with Crippen LogP contribution in [0.4, 0.5) is 5.69 Å². The molecule has 0 aliphatic carbocycles. The van der Waals surface area contributed by atoms with E-state index in [1.165, 1.54) is 37.8 Å². The van der Waals surface area contributed by atoms with E-state index in [1.54, 1.807) is 12.1 Å². The lowest BCUT2D eigenvalue weighted by molar-refractivity contribution is -0.406. The maximum absolute atomic E-state index is 10.9. The van der Waals surface area contributed by atoms with E-state index in [0.717, 1.165) is 12.8 Å². The molecule has 0 saturated carbocycles. The summed E-state index contributed by atoms with van der Waals surface area (Å²) in [6.45, 7) is 9.11. The molecule has 0 amide bonds. The molecule has 0 N–H and O–H groups in total. The number of nitrogens with zero attached hydrogens (tertiary/aromatic N) is 1. The molecule has 0 aliphatic rings. The van der Waals surface area contributed by atoms with Gasteiger partial charge >= 0.3 is 5.97 Å². The van der Waals surface area contributed by atoms with E-state index >= 15 is 0 Å². The van der Waals surface area contributed by atoms with Crippen LogP contribution in [0.25, 0.3) is 0 Å². The molecule has 0 spiro atoms. The van der Waals surface area contributed by atoms with E-state index in [4.69, 9.17) is 18.9 Å². The van der Waals surface area contributed by atoms with Gasteiger partial charge in [0.15, 0.2) is 6.10 Å². The van der Waals surface area contributed by atoms with Gasteiger partial charge in [-0.2, -0.15) is 0 Å². The number of non-ortho nitro benzene ring substituents is 1. The van der Waals surface area contributed by atoms with Crippen molar-refractivity contribution in [3.05, 3.63) is 34.4 Å². The fourth-order valence-corrected chi connectivity index (χ4v) is 3.24. The Kier molecular flexibility index (Phi) is 12.5. The smallest absolute Gasteiger partial charge is 0.322 e. The van der Waals surface area contributed by atoms with Crippen molar-refractivity contribution < 1.29 is 23.9 Å². The molecule has 0 aromatic heterocycles. The molecular weight excluding hydrogens is 374 g/mol. The van der Waals surface area contributed by atoms with E-state index in [9.17, 15) is 10.1 Å². The number of ether oxygens (including phenoxy) is 4. The van der Waals surface area contributed by atoms with Crippen LogP contribution in [-0.4, -0.2) is 36.8 Å². The largest absolute Gasteiger partial charge is 0.482 e. The zero-order chi connectivity index (χ0) is 21.5. The van der Waals surface area contributed by atoms with Crippen molar-refractivity contribution >= 4 is 5.69 Å². The average Bonchev–Trinajstić information content (AvgIpc) is 2.70. The molecule has 0 bridgehead atoms. The van der Waals surface area contributed by atoms with Crippen molar-refractivity contribution in [2.24, 2.45) is 0 Å². The van der Waals surface area contributed by atoms with Crippen molar-refractivity contribution in [3.63, 3.8) is 0 Å². The molecule has 0 fully saturated rings. The first kappa shape index (κ1) is 25.3. The van der Waals surface area contributed by atoms with Crippen molar-refractivity contribution in [3.8, 4) is 5.75 Å². The maximum Gasteiger partial charge on any atom is 0.322 e. The number of nitro groups is 1. The number of hydrogen-bond acceptors (Lipinski definition) is 6. The molecule has 1 aromatic carbocycles. The van der Waals surface area contributed by atoms with Gasteiger partial charge in [-0.1, -0.05) is 39.0 Å². The van der Waals surface area contributed by atoms with Crippen LogP contribution >= 0.6 is 0 Å². The number of unbranched alkanes of at least 4 members (excludes halogenated alkanes) is 5. The minimum Gasteiger partial charge on any atom is -0.482 e. The third-order valence-electron chi connectivity index (χ3n) is 4.58. The minimum absolute atomic E-state index is 0.0236. The molecule has 1 aromatic rings.